The Bertz CT molecular complexity index is 1130. The number of nitrogens with zero attached hydrogens (tertiary/aromatic N) is 3. The molecule has 1 aliphatic rings. The first-order valence-corrected chi connectivity index (χ1v) is 9.23. The third-order valence-electron chi connectivity index (χ3n) is 4.67. The highest BCUT2D eigenvalue weighted by molar-refractivity contribution is 6.02. The predicted molar refractivity (Wildman–Crippen MR) is 104 cm³/mol. The van der Waals surface area contributed by atoms with E-state index in [9.17, 15) is 18.0 Å². The van der Waals surface area contributed by atoms with Gasteiger partial charge in [0, 0.05) is 11.1 Å². The zero-order chi connectivity index (χ0) is 21.4. The van der Waals surface area contributed by atoms with E-state index in [2.05, 4.69) is 15.3 Å². The van der Waals surface area contributed by atoms with Crippen molar-refractivity contribution in [2.24, 2.45) is 0 Å². The fourth-order valence-corrected chi connectivity index (χ4v) is 3.36. The molecule has 0 unspecified atom stereocenters. The average molecular weight is 414 g/mol. The van der Waals surface area contributed by atoms with E-state index in [0.717, 1.165) is 17.0 Å². The summed E-state index contributed by atoms with van der Waals surface area (Å²) in [5.41, 5.74) is 1.43. The summed E-state index contributed by atoms with van der Waals surface area (Å²) >= 11 is 0. The monoisotopic (exact) mass is 414 g/mol. The predicted octanol–water partition coefficient (Wildman–Crippen LogP) is 4.63. The number of ether oxygens (including phenoxy) is 1. The molecule has 0 spiro atoms. The summed E-state index contributed by atoms with van der Waals surface area (Å²) < 4.78 is 48.1. The number of benzene rings is 2. The van der Waals surface area contributed by atoms with Crippen LogP contribution in [-0.2, 0) is 6.54 Å². The number of rotatable bonds is 4. The Hall–Kier alpha value is -3.62. The number of amides is 2. The average Bonchev–Trinajstić information content (AvgIpc) is 2.69. The number of halogens is 3. The molecule has 0 aliphatic carbocycles. The van der Waals surface area contributed by atoms with Crippen molar-refractivity contribution in [1.82, 2.24) is 15.3 Å². The van der Waals surface area contributed by atoms with Crippen LogP contribution < -0.4 is 15.0 Å². The van der Waals surface area contributed by atoms with Gasteiger partial charge in [-0.1, -0.05) is 6.07 Å². The van der Waals surface area contributed by atoms with Crippen LogP contribution >= 0.6 is 0 Å². The third-order valence-corrected chi connectivity index (χ3v) is 4.67. The Morgan fingerprint density at radius 1 is 1.13 bits per heavy atom. The van der Waals surface area contributed by atoms with Gasteiger partial charge in [-0.05, 0) is 49.7 Å². The second-order valence-electron chi connectivity index (χ2n) is 6.61. The van der Waals surface area contributed by atoms with Crippen molar-refractivity contribution >= 4 is 17.5 Å². The van der Waals surface area contributed by atoms with Gasteiger partial charge >= 0.3 is 12.0 Å². The fourth-order valence-electron chi connectivity index (χ4n) is 3.36. The second-order valence-corrected chi connectivity index (χ2v) is 6.61. The Morgan fingerprint density at radius 2 is 1.87 bits per heavy atom. The minimum absolute atomic E-state index is 0.0000694. The van der Waals surface area contributed by atoms with Gasteiger partial charge in [-0.15, -0.1) is 0 Å². The molecule has 1 aromatic heterocycles. The number of anilines is 2. The number of para-hydroxylation sites is 1. The van der Waals surface area contributed by atoms with E-state index >= 15 is 0 Å². The van der Waals surface area contributed by atoms with Crippen molar-refractivity contribution in [3.63, 3.8) is 0 Å². The summed E-state index contributed by atoms with van der Waals surface area (Å²) in [6.07, 6.45) is 0. The number of aromatic nitrogens is 2. The molecule has 154 valence electrons. The van der Waals surface area contributed by atoms with E-state index in [4.69, 9.17) is 4.74 Å². The summed E-state index contributed by atoms with van der Waals surface area (Å²) in [5, 5.41) is 2.59. The number of urea groups is 1. The summed E-state index contributed by atoms with van der Waals surface area (Å²) in [5.74, 6) is -2.25. The molecule has 0 radical (unpaired) electrons. The highest BCUT2D eigenvalue weighted by Gasteiger charge is 2.34. The van der Waals surface area contributed by atoms with E-state index in [1.807, 2.05) is 0 Å². The van der Waals surface area contributed by atoms with Crippen molar-refractivity contribution in [2.75, 3.05) is 11.5 Å². The normalized spacial score (nSPS) is 13.1. The van der Waals surface area contributed by atoms with Gasteiger partial charge in [0.25, 0.3) is 0 Å². The quantitative estimate of drug-likeness (QED) is 0.676. The van der Waals surface area contributed by atoms with Crippen LogP contribution in [0.4, 0.5) is 29.5 Å². The number of carbonyl (C=O) groups is 1. The van der Waals surface area contributed by atoms with Gasteiger partial charge < -0.3 is 10.1 Å². The van der Waals surface area contributed by atoms with Crippen LogP contribution in [0.1, 0.15) is 18.1 Å². The molecule has 6 nitrogen and oxygen atoms in total. The number of hydrogen-bond acceptors (Lipinski definition) is 4. The highest BCUT2D eigenvalue weighted by atomic mass is 19.1. The van der Waals surface area contributed by atoms with Crippen molar-refractivity contribution in [2.45, 2.75) is 20.4 Å². The van der Waals surface area contributed by atoms with Crippen LogP contribution in [0.15, 0.2) is 36.4 Å². The maximum absolute atomic E-state index is 14.5. The van der Waals surface area contributed by atoms with Gasteiger partial charge in [0.2, 0.25) is 0 Å². The molecule has 2 amide bonds. The molecule has 0 bridgehead atoms. The van der Waals surface area contributed by atoms with E-state index < -0.39 is 29.2 Å². The summed E-state index contributed by atoms with van der Waals surface area (Å²) in [6.45, 7) is 3.70. The van der Waals surface area contributed by atoms with Crippen LogP contribution in [0.3, 0.4) is 0 Å². The van der Waals surface area contributed by atoms with Gasteiger partial charge in [0.1, 0.15) is 23.1 Å². The third kappa shape index (κ3) is 3.32. The van der Waals surface area contributed by atoms with Crippen molar-refractivity contribution in [1.29, 1.82) is 0 Å². The Balaban J connectivity index is 2.00. The second kappa shape index (κ2) is 7.66. The number of fused-ring (bicyclic) bond motifs is 1. The van der Waals surface area contributed by atoms with Crippen molar-refractivity contribution in [3.8, 4) is 17.3 Å². The van der Waals surface area contributed by atoms with E-state index in [0.29, 0.717) is 22.4 Å². The summed E-state index contributed by atoms with van der Waals surface area (Å²) in [6, 6.07) is 6.68. The Morgan fingerprint density at radius 3 is 2.53 bits per heavy atom. The Kier molecular flexibility index (Phi) is 5.03. The molecular weight excluding hydrogens is 397 g/mol. The van der Waals surface area contributed by atoms with Gasteiger partial charge in [0.05, 0.1) is 18.8 Å². The molecule has 0 atom stereocenters. The topological polar surface area (TPSA) is 67.4 Å². The fraction of sp³-hybridized carbons (Fsp3) is 0.190. The molecule has 2 heterocycles. The maximum atomic E-state index is 14.5. The minimum atomic E-state index is -0.922. The van der Waals surface area contributed by atoms with Crippen LogP contribution in [0.25, 0.3) is 11.3 Å². The smallest absolute Gasteiger partial charge is 0.328 e. The largest absolute Gasteiger partial charge is 0.464 e. The van der Waals surface area contributed by atoms with Gasteiger partial charge in [-0.3, -0.25) is 0 Å². The Labute approximate surface area is 170 Å². The lowest BCUT2D eigenvalue weighted by molar-refractivity contribution is 0.246. The zero-order valence-corrected chi connectivity index (χ0v) is 16.2. The lowest BCUT2D eigenvalue weighted by Gasteiger charge is -2.30. The van der Waals surface area contributed by atoms with Crippen molar-refractivity contribution in [3.05, 3.63) is 65.0 Å². The summed E-state index contributed by atoms with van der Waals surface area (Å²) in [7, 11) is 0. The molecule has 1 aliphatic heterocycles. The molecule has 30 heavy (non-hydrogen) atoms. The maximum Gasteiger partial charge on any atom is 0.328 e. The van der Waals surface area contributed by atoms with E-state index in [1.54, 1.807) is 19.9 Å². The van der Waals surface area contributed by atoms with Crippen molar-refractivity contribution < 1.29 is 22.7 Å². The number of carbonyl (C=O) groups excluding carboxylic acids is 1. The van der Waals surface area contributed by atoms with Gasteiger partial charge in [-0.25, -0.2) is 22.9 Å². The molecule has 9 heteroatoms. The lowest BCUT2D eigenvalue weighted by atomic mass is 10.00. The first-order valence-electron chi connectivity index (χ1n) is 9.23. The van der Waals surface area contributed by atoms with Crippen LogP contribution in [-0.4, -0.2) is 22.6 Å². The molecule has 2 aromatic carbocycles. The van der Waals surface area contributed by atoms with Gasteiger partial charge in [-0.2, -0.15) is 9.97 Å². The molecular formula is C21H17F3N4O2. The highest BCUT2D eigenvalue weighted by Crippen LogP contribution is 2.39. The first-order chi connectivity index (χ1) is 14.4. The SMILES string of the molecule is CCOc1nc(-c2ccc(F)cc2C)c2c(n1)N(c1c(F)cccc1F)C(=O)NC2. The van der Waals surface area contributed by atoms with Gasteiger partial charge in [0.15, 0.2) is 5.82 Å². The minimum Gasteiger partial charge on any atom is -0.464 e. The molecule has 0 fully saturated rings. The van der Waals surface area contributed by atoms with Crippen LogP contribution in [0, 0.1) is 24.4 Å². The number of nitrogens with one attached hydrogen (secondary N) is 1. The number of hydrogen-bond donors (Lipinski definition) is 1. The molecule has 4 rings (SSSR count). The standard InChI is InChI=1S/C21H17F3N4O2/c1-3-30-20-26-17(13-8-7-12(22)9-11(13)2)14-10-25-21(29)28(19(14)27-20)18-15(23)5-4-6-16(18)24/h4-9H,3,10H2,1-2H3,(H,25,29). The lowest BCUT2D eigenvalue weighted by Crippen LogP contribution is -2.43. The van der Waals surface area contributed by atoms with Crippen LogP contribution in [0.5, 0.6) is 6.01 Å². The van der Waals surface area contributed by atoms with Crippen LogP contribution in [0.2, 0.25) is 0 Å². The molecule has 1 N–H and O–H groups in total. The first kappa shape index (κ1) is 19.7. The molecule has 3 aromatic rings. The van der Waals surface area contributed by atoms with E-state index in [1.165, 1.54) is 18.2 Å². The van der Waals surface area contributed by atoms with E-state index in [-0.39, 0.29) is 25.0 Å². The molecule has 0 saturated carbocycles. The number of aryl methyl sites for hydroxylation is 1. The molecule has 0 saturated heterocycles. The zero-order valence-electron chi connectivity index (χ0n) is 16.2. The summed E-state index contributed by atoms with van der Waals surface area (Å²) in [4.78, 5) is 22.1.